The number of ether oxygens (including phenoxy) is 1. The highest BCUT2D eigenvalue weighted by atomic mass is 79.9. The van der Waals surface area contributed by atoms with E-state index >= 15 is 0 Å². The van der Waals surface area contributed by atoms with E-state index < -0.39 is 0 Å². The van der Waals surface area contributed by atoms with Gasteiger partial charge in [-0.3, -0.25) is 9.36 Å². The standard InChI is InChI=1S/C20H20BrClN4O3/c1-29-19-15(22)9-12(10-23-19)24-18(27)11-5-7-13(8-6-11)26-16-4-2-3-14(21)17(16)25-20(26)28/h2-4,9-11,13H,5-8H2,1H3,(H,24,27)(H,25,28)/t11-,13+. The Kier molecular flexibility index (Phi) is 5.65. The largest absolute Gasteiger partial charge is 0.480 e. The summed E-state index contributed by atoms with van der Waals surface area (Å²) in [6, 6.07) is 7.47. The number of pyridine rings is 1. The van der Waals surface area contributed by atoms with Crippen molar-refractivity contribution in [2.45, 2.75) is 31.7 Å². The lowest BCUT2D eigenvalue weighted by Crippen LogP contribution is -2.31. The highest BCUT2D eigenvalue weighted by Gasteiger charge is 2.29. The lowest BCUT2D eigenvalue weighted by Gasteiger charge is -2.28. The highest BCUT2D eigenvalue weighted by molar-refractivity contribution is 9.10. The van der Waals surface area contributed by atoms with Gasteiger partial charge in [-0.2, -0.15) is 0 Å². The van der Waals surface area contributed by atoms with Crippen molar-refractivity contribution in [2.75, 3.05) is 12.4 Å². The van der Waals surface area contributed by atoms with Gasteiger partial charge in [0.05, 0.1) is 30.0 Å². The zero-order chi connectivity index (χ0) is 20.5. The van der Waals surface area contributed by atoms with E-state index in [2.05, 4.69) is 31.2 Å². The Bertz CT molecular complexity index is 1120. The second-order valence-corrected chi connectivity index (χ2v) is 8.41. The predicted octanol–water partition coefficient (Wildman–Crippen LogP) is 4.52. The number of carbonyl (C=O) groups excluding carboxylic acids is 1. The molecule has 2 N–H and O–H groups in total. The smallest absolute Gasteiger partial charge is 0.326 e. The Labute approximate surface area is 180 Å². The maximum atomic E-state index is 12.7. The molecule has 1 fully saturated rings. The number of benzene rings is 1. The Morgan fingerprint density at radius 2 is 2.10 bits per heavy atom. The number of halogens is 2. The Morgan fingerprint density at radius 3 is 2.79 bits per heavy atom. The third-order valence-electron chi connectivity index (χ3n) is 5.40. The number of hydrogen-bond acceptors (Lipinski definition) is 4. The van der Waals surface area contributed by atoms with E-state index in [1.165, 1.54) is 13.3 Å². The fraction of sp³-hybridized carbons (Fsp3) is 0.350. The van der Waals surface area contributed by atoms with Gasteiger partial charge in [0.1, 0.15) is 5.02 Å². The minimum absolute atomic E-state index is 0.0551. The Morgan fingerprint density at radius 1 is 1.34 bits per heavy atom. The van der Waals surface area contributed by atoms with Crippen molar-refractivity contribution in [3.8, 4) is 5.88 Å². The summed E-state index contributed by atoms with van der Waals surface area (Å²) in [5.41, 5.74) is 2.12. The van der Waals surface area contributed by atoms with Gasteiger partial charge >= 0.3 is 5.69 Å². The van der Waals surface area contributed by atoms with E-state index in [1.54, 1.807) is 6.07 Å². The minimum Gasteiger partial charge on any atom is -0.480 e. The molecule has 7 nitrogen and oxygen atoms in total. The first-order chi connectivity index (χ1) is 14.0. The number of fused-ring (bicyclic) bond motifs is 1. The number of imidazole rings is 1. The summed E-state index contributed by atoms with van der Waals surface area (Å²) < 4.78 is 7.71. The van der Waals surface area contributed by atoms with Crippen LogP contribution in [-0.4, -0.2) is 27.6 Å². The molecule has 1 aliphatic rings. The minimum atomic E-state index is -0.112. The van der Waals surface area contributed by atoms with Gasteiger partial charge < -0.3 is 15.0 Å². The van der Waals surface area contributed by atoms with Gasteiger partial charge in [-0.25, -0.2) is 9.78 Å². The van der Waals surface area contributed by atoms with Crippen LogP contribution in [0.25, 0.3) is 11.0 Å². The summed E-state index contributed by atoms with van der Waals surface area (Å²) in [6.07, 6.45) is 4.47. The average Bonchev–Trinajstić information content (AvgIpc) is 3.05. The number of nitrogens with one attached hydrogen (secondary N) is 2. The second-order valence-electron chi connectivity index (χ2n) is 7.14. The lowest BCUT2D eigenvalue weighted by atomic mass is 9.85. The molecule has 9 heteroatoms. The van der Waals surface area contributed by atoms with Crippen LogP contribution in [-0.2, 0) is 4.79 Å². The number of amides is 1. The molecule has 0 spiro atoms. The van der Waals surface area contributed by atoms with Crippen LogP contribution in [0, 0.1) is 5.92 Å². The molecule has 0 aliphatic heterocycles. The Balaban J connectivity index is 1.44. The van der Waals surface area contributed by atoms with Crippen molar-refractivity contribution in [3.05, 3.63) is 50.4 Å². The van der Waals surface area contributed by atoms with E-state index in [9.17, 15) is 9.59 Å². The topological polar surface area (TPSA) is 89.0 Å². The molecule has 1 saturated carbocycles. The van der Waals surface area contributed by atoms with Gasteiger partial charge in [-0.1, -0.05) is 17.7 Å². The molecule has 152 valence electrons. The van der Waals surface area contributed by atoms with E-state index in [0.717, 1.165) is 28.3 Å². The molecule has 0 atom stereocenters. The first kappa shape index (κ1) is 20.0. The Hall–Kier alpha value is -2.32. The molecule has 1 aromatic carbocycles. The second kappa shape index (κ2) is 8.20. The number of carbonyl (C=O) groups is 1. The number of rotatable bonds is 4. The van der Waals surface area contributed by atoms with Gasteiger partial charge in [0.2, 0.25) is 11.8 Å². The average molecular weight is 480 g/mol. The summed E-state index contributed by atoms with van der Waals surface area (Å²) in [5, 5.41) is 3.23. The van der Waals surface area contributed by atoms with Crippen LogP contribution in [0.15, 0.2) is 39.7 Å². The van der Waals surface area contributed by atoms with Crippen LogP contribution < -0.4 is 15.7 Å². The van der Waals surface area contributed by atoms with Crippen LogP contribution >= 0.6 is 27.5 Å². The summed E-state index contributed by atoms with van der Waals surface area (Å²) in [5.74, 6) is 0.154. The summed E-state index contributed by atoms with van der Waals surface area (Å²) in [4.78, 5) is 32.2. The first-order valence-corrected chi connectivity index (χ1v) is 10.5. The fourth-order valence-electron chi connectivity index (χ4n) is 3.96. The predicted molar refractivity (Wildman–Crippen MR) is 116 cm³/mol. The van der Waals surface area contributed by atoms with Crippen molar-refractivity contribution < 1.29 is 9.53 Å². The van der Waals surface area contributed by atoms with Gasteiger partial charge in [-0.05, 0) is 59.8 Å². The molecule has 1 amide bonds. The van der Waals surface area contributed by atoms with Crippen LogP contribution in [0.5, 0.6) is 5.88 Å². The third-order valence-corrected chi connectivity index (χ3v) is 6.33. The molecule has 3 aromatic rings. The van der Waals surface area contributed by atoms with Crippen molar-refractivity contribution in [1.29, 1.82) is 0 Å². The monoisotopic (exact) mass is 478 g/mol. The molecular formula is C20H20BrClN4O3. The number of aromatic nitrogens is 3. The number of para-hydroxylation sites is 1. The first-order valence-electron chi connectivity index (χ1n) is 9.37. The number of aromatic amines is 1. The van der Waals surface area contributed by atoms with E-state index in [1.807, 2.05) is 22.8 Å². The van der Waals surface area contributed by atoms with Crippen LogP contribution in [0.1, 0.15) is 31.7 Å². The van der Waals surface area contributed by atoms with Gasteiger partial charge in [-0.15, -0.1) is 0 Å². The van der Waals surface area contributed by atoms with Crippen molar-refractivity contribution in [3.63, 3.8) is 0 Å². The maximum Gasteiger partial charge on any atom is 0.326 e. The van der Waals surface area contributed by atoms with Gasteiger partial charge in [0, 0.05) is 16.4 Å². The van der Waals surface area contributed by atoms with Crippen LogP contribution in [0.2, 0.25) is 5.02 Å². The number of methoxy groups -OCH3 is 1. The molecular weight excluding hydrogens is 460 g/mol. The fourth-order valence-corrected chi connectivity index (χ4v) is 4.66. The molecule has 0 radical (unpaired) electrons. The molecule has 2 aromatic heterocycles. The summed E-state index contributed by atoms with van der Waals surface area (Å²) in [6.45, 7) is 0. The van der Waals surface area contributed by atoms with Crippen molar-refractivity contribution in [2.24, 2.45) is 5.92 Å². The quantitative estimate of drug-likeness (QED) is 0.576. The molecule has 2 heterocycles. The molecule has 1 aliphatic carbocycles. The maximum absolute atomic E-state index is 12.7. The number of nitrogens with zero attached hydrogens (tertiary/aromatic N) is 2. The molecule has 0 bridgehead atoms. The zero-order valence-corrected chi connectivity index (χ0v) is 18.1. The van der Waals surface area contributed by atoms with E-state index in [0.29, 0.717) is 29.4 Å². The third kappa shape index (κ3) is 3.91. The summed E-state index contributed by atoms with van der Waals surface area (Å²) in [7, 11) is 1.49. The summed E-state index contributed by atoms with van der Waals surface area (Å²) >= 11 is 9.55. The normalized spacial score (nSPS) is 19.3. The molecule has 0 saturated heterocycles. The van der Waals surface area contributed by atoms with Crippen LogP contribution in [0.4, 0.5) is 5.69 Å². The molecule has 29 heavy (non-hydrogen) atoms. The van der Waals surface area contributed by atoms with Crippen molar-refractivity contribution >= 4 is 50.2 Å². The molecule has 0 unspecified atom stereocenters. The van der Waals surface area contributed by atoms with Gasteiger partial charge in [0.15, 0.2) is 0 Å². The van der Waals surface area contributed by atoms with Gasteiger partial charge in [0.25, 0.3) is 0 Å². The van der Waals surface area contributed by atoms with Crippen LogP contribution in [0.3, 0.4) is 0 Å². The lowest BCUT2D eigenvalue weighted by molar-refractivity contribution is -0.121. The highest BCUT2D eigenvalue weighted by Crippen LogP contribution is 2.35. The van der Waals surface area contributed by atoms with E-state index in [4.69, 9.17) is 16.3 Å². The number of hydrogen-bond donors (Lipinski definition) is 2. The molecule has 4 rings (SSSR count). The zero-order valence-electron chi connectivity index (χ0n) is 15.7. The number of anilines is 1. The SMILES string of the molecule is COc1ncc(NC(=O)[C@H]2CC[C@@H](n3c(=O)[nH]c4c(Br)cccc43)CC2)cc1Cl. The number of H-pyrrole nitrogens is 1. The van der Waals surface area contributed by atoms with E-state index in [-0.39, 0.29) is 23.6 Å². The van der Waals surface area contributed by atoms with Crippen molar-refractivity contribution in [1.82, 2.24) is 14.5 Å².